The van der Waals surface area contributed by atoms with Gasteiger partial charge in [-0.25, -0.2) is 4.68 Å². The van der Waals surface area contributed by atoms with Gasteiger partial charge < -0.3 is 14.6 Å². The average molecular weight is 460 g/mol. The predicted molar refractivity (Wildman–Crippen MR) is 129 cm³/mol. The summed E-state index contributed by atoms with van der Waals surface area (Å²) in [6.07, 6.45) is 3.24. The molecule has 0 fully saturated rings. The lowest BCUT2D eigenvalue weighted by molar-refractivity contribution is -0.141. The molecule has 0 bridgehead atoms. The van der Waals surface area contributed by atoms with Crippen LogP contribution in [-0.4, -0.2) is 38.3 Å². The molecule has 2 aromatic carbocycles. The van der Waals surface area contributed by atoms with Crippen LogP contribution in [0.2, 0.25) is 0 Å². The number of amides is 2. The Morgan fingerprint density at radius 1 is 1.09 bits per heavy atom. The van der Waals surface area contributed by atoms with E-state index >= 15 is 0 Å². The van der Waals surface area contributed by atoms with Crippen molar-refractivity contribution in [3.8, 4) is 0 Å². The molecule has 8 heteroatoms. The molecule has 2 aromatic heterocycles. The molecule has 4 rings (SSSR count). The molecule has 2 heterocycles. The van der Waals surface area contributed by atoms with E-state index in [1.54, 1.807) is 28.0 Å². The fourth-order valence-electron chi connectivity index (χ4n) is 4.01. The van der Waals surface area contributed by atoms with Gasteiger partial charge in [0.25, 0.3) is 0 Å². The van der Waals surface area contributed by atoms with E-state index in [2.05, 4.69) is 22.6 Å². The Balaban J connectivity index is 1.65. The van der Waals surface area contributed by atoms with Gasteiger partial charge in [0.15, 0.2) is 0 Å². The molecular weight excluding hydrogens is 430 g/mol. The quantitative estimate of drug-likeness (QED) is 0.387. The maximum Gasteiger partial charge on any atom is 0.247 e. The highest BCUT2D eigenvalue weighted by Crippen LogP contribution is 2.26. The molecule has 0 radical (unpaired) electrons. The molecule has 4 aromatic rings. The number of para-hydroxylation sites is 1. The number of nitrogens with zero attached hydrogens (tertiary/aromatic N) is 4. The maximum atomic E-state index is 13.7. The molecule has 0 aliphatic carbocycles. The Morgan fingerprint density at radius 2 is 1.88 bits per heavy atom. The van der Waals surface area contributed by atoms with Crippen LogP contribution in [0.3, 0.4) is 0 Å². The number of fused-ring (bicyclic) bond motifs is 1. The monoisotopic (exact) mass is 459 g/mol. The highest BCUT2D eigenvalue weighted by atomic mass is 16.3. The van der Waals surface area contributed by atoms with Gasteiger partial charge in [0.1, 0.15) is 23.9 Å². The first-order chi connectivity index (χ1) is 16.6. The number of benzene rings is 2. The molecule has 0 unspecified atom stereocenters. The first-order valence-electron chi connectivity index (χ1n) is 11.5. The summed E-state index contributed by atoms with van der Waals surface area (Å²) < 4.78 is 6.95. The van der Waals surface area contributed by atoms with Gasteiger partial charge >= 0.3 is 0 Å². The average Bonchev–Trinajstić information content (AvgIpc) is 3.51. The van der Waals surface area contributed by atoms with Crippen LogP contribution < -0.4 is 5.32 Å². The summed E-state index contributed by atoms with van der Waals surface area (Å²) in [5.41, 5.74) is 3.25. The van der Waals surface area contributed by atoms with Crippen LogP contribution >= 0.6 is 0 Å². The number of furan rings is 1. The second-order valence-corrected chi connectivity index (χ2v) is 8.23. The summed E-state index contributed by atoms with van der Waals surface area (Å²) in [7, 11) is 0. The highest BCUT2D eigenvalue weighted by molar-refractivity contribution is 5.89. The fourth-order valence-corrected chi connectivity index (χ4v) is 4.01. The van der Waals surface area contributed by atoms with Crippen LogP contribution in [0.4, 0.5) is 0 Å². The Morgan fingerprint density at radius 3 is 2.65 bits per heavy atom. The van der Waals surface area contributed by atoms with E-state index in [0.29, 0.717) is 12.3 Å². The first kappa shape index (κ1) is 23.2. The highest BCUT2D eigenvalue weighted by Gasteiger charge is 2.32. The van der Waals surface area contributed by atoms with E-state index in [0.717, 1.165) is 35.0 Å². The van der Waals surface area contributed by atoms with Crippen molar-refractivity contribution >= 4 is 22.8 Å². The van der Waals surface area contributed by atoms with Crippen molar-refractivity contribution < 1.29 is 14.0 Å². The van der Waals surface area contributed by atoms with Gasteiger partial charge in [0, 0.05) is 6.54 Å². The van der Waals surface area contributed by atoms with Gasteiger partial charge in [-0.2, -0.15) is 0 Å². The fraction of sp³-hybridized carbons (Fsp3) is 0.308. The van der Waals surface area contributed by atoms with Gasteiger partial charge in [-0.1, -0.05) is 55.0 Å². The summed E-state index contributed by atoms with van der Waals surface area (Å²) >= 11 is 0. The van der Waals surface area contributed by atoms with Crippen molar-refractivity contribution in [3.05, 3.63) is 83.8 Å². The maximum absolute atomic E-state index is 13.7. The van der Waals surface area contributed by atoms with Crippen LogP contribution in [0.1, 0.15) is 42.7 Å². The number of nitrogens with one attached hydrogen (secondary N) is 1. The number of aromatic nitrogens is 3. The molecule has 0 aliphatic rings. The Labute approximate surface area is 198 Å². The van der Waals surface area contributed by atoms with E-state index in [1.807, 2.05) is 55.5 Å². The third-order valence-electron chi connectivity index (χ3n) is 5.84. The lowest BCUT2D eigenvalue weighted by atomic mass is 9.98. The molecule has 0 saturated heterocycles. The SMILES string of the molecule is CCCCN(C(=O)Cn1nnc2ccccc21)[C@@H](C(=O)NCc1ccco1)c1ccccc1C. The number of aryl methyl sites for hydroxylation is 1. The summed E-state index contributed by atoms with van der Waals surface area (Å²) in [4.78, 5) is 28.9. The number of hydrogen-bond donors (Lipinski definition) is 1. The molecule has 0 saturated carbocycles. The zero-order chi connectivity index (χ0) is 23.9. The second-order valence-electron chi connectivity index (χ2n) is 8.23. The van der Waals surface area contributed by atoms with E-state index in [-0.39, 0.29) is 24.9 Å². The number of hydrogen-bond acceptors (Lipinski definition) is 5. The van der Waals surface area contributed by atoms with Crippen LogP contribution in [0.25, 0.3) is 11.0 Å². The summed E-state index contributed by atoms with van der Waals surface area (Å²) in [6, 6.07) is 18.0. The lowest BCUT2D eigenvalue weighted by Crippen LogP contribution is -2.45. The van der Waals surface area contributed by atoms with Crippen molar-refractivity contribution in [2.75, 3.05) is 6.54 Å². The molecule has 0 spiro atoms. The van der Waals surface area contributed by atoms with Gasteiger partial charge in [0.05, 0.1) is 18.3 Å². The Bertz CT molecular complexity index is 1250. The summed E-state index contributed by atoms with van der Waals surface area (Å²) in [5, 5.41) is 11.3. The van der Waals surface area contributed by atoms with Gasteiger partial charge in [-0.3, -0.25) is 9.59 Å². The predicted octanol–water partition coefficient (Wildman–Crippen LogP) is 4.02. The summed E-state index contributed by atoms with van der Waals surface area (Å²) in [5.74, 6) is 0.210. The topological polar surface area (TPSA) is 93.3 Å². The van der Waals surface area contributed by atoms with Crippen molar-refractivity contribution in [2.45, 2.75) is 45.8 Å². The Kier molecular flexibility index (Phi) is 7.37. The molecule has 1 atom stereocenters. The zero-order valence-electron chi connectivity index (χ0n) is 19.5. The summed E-state index contributed by atoms with van der Waals surface area (Å²) in [6.45, 7) is 4.72. The first-order valence-corrected chi connectivity index (χ1v) is 11.5. The lowest BCUT2D eigenvalue weighted by Gasteiger charge is -2.32. The van der Waals surface area contributed by atoms with Crippen LogP contribution in [0.15, 0.2) is 71.3 Å². The molecule has 1 N–H and O–H groups in total. The van der Waals surface area contributed by atoms with Gasteiger partial charge in [-0.15, -0.1) is 5.10 Å². The van der Waals surface area contributed by atoms with Crippen molar-refractivity contribution in [1.82, 2.24) is 25.2 Å². The van der Waals surface area contributed by atoms with Gasteiger partial charge in [-0.05, 0) is 48.7 Å². The number of carbonyl (C=O) groups is 2. The smallest absolute Gasteiger partial charge is 0.247 e. The normalized spacial score (nSPS) is 11.9. The van der Waals surface area contributed by atoms with Crippen molar-refractivity contribution in [3.63, 3.8) is 0 Å². The standard InChI is InChI=1S/C26H29N5O3/c1-3-4-15-30(24(32)18-31-23-14-8-7-13-22(23)28-29-31)25(21-12-6-5-10-19(21)2)26(33)27-17-20-11-9-16-34-20/h5-14,16,25H,3-4,15,17-18H2,1-2H3,(H,27,33)/t25-/m1/s1. The van der Waals surface area contributed by atoms with Crippen LogP contribution in [0, 0.1) is 6.92 Å². The third-order valence-corrected chi connectivity index (χ3v) is 5.84. The minimum atomic E-state index is -0.773. The van der Waals surface area contributed by atoms with Gasteiger partial charge in [0.2, 0.25) is 11.8 Å². The van der Waals surface area contributed by atoms with Crippen LogP contribution in [-0.2, 0) is 22.7 Å². The minimum absolute atomic E-state index is 0.00191. The molecular formula is C26H29N5O3. The number of carbonyl (C=O) groups excluding carboxylic acids is 2. The van der Waals surface area contributed by atoms with E-state index in [1.165, 1.54) is 0 Å². The molecule has 176 valence electrons. The third kappa shape index (κ3) is 5.17. The Hall–Kier alpha value is -3.94. The molecule has 34 heavy (non-hydrogen) atoms. The van der Waals surface area contributed by atoms with Crippen LogP contribution in [0.5, 0.6) is 0 Å². The number of rotatable bonds is 10. The minimum Gasteiger partial charge on any atom is -0.467 e. The van der Waals surface area contributed by atoms with E-state index in [4.69, 9.17) is 4.42 Å². The molecule has 2 amide bonds. The second kappa shape index (κ2) is 10.8. The largest absolute Gasteiger partial charge is 0.467 e. The van der Waals surface area contributed by atoms with Crippen molar-refractivity contribution in [1.29, 1.82) is 0 Å². The number of unbranched alkanes of at least 4 members (excludes halogenated alkanes) is 1. The molecule has 8 nitrogen and oxygen atoms in total. The zero-order valence-corrected chi connectivity index (χ0v) is 19.5. The molecule has 0 aliphatic heterocycles. The van der Waals surface area contributed by atoms with E-state index < -0.39 is 6.04 Å². The van der Waals surface area contributed by atoms with E-state index in [9.17, 15) is 9.59 Å². The van der Waals surface area contributed by atoms with Crippen molar-refractivity contribution in [2.24, 2.45) is 0 Å².